The van der Waals surface area contributed by atoms with Crippen LogP contribution in [0.2, 0.25) is 0 Å². The van der Waals surface area contributed by atoms with Crippen molar-refractivity contribution < 1.29 is 0 Å². The summed E-state index contributed by atoms with van der Waals surface area (Å²) in [5.41, 5.74) is 2.42. The Kier molecular flexibility index (Phi) is 4.37. The van der Waals surface area contributed by atoms with Gasteiger partial charge in [-0.3, -0.25) is 0 Å². The Balaban J connectivity index is 0.000000122. The number of hydrogen-bond acceptors (Lipinski definition) is 0. The lowest BCUT2D eigenvalue weighted by Gasteiger charge is -2.35. The first-order chi connectivity index (χ1) is 11.4. The quantitative estimate of drug-likeness (QED) is 0.476. The molecular formula is C22H27N. The zero-order valence-corrected chi connectivity index (χ0v) is 13.9. The molecule has 0 bridgehead atoms. The molecule has 1 heteroatoms. The second kappa shape index (κ2) is 6.78. The van der Waals surface area contributed by atoms with Gasteiger partial charge in [0.15, 0.2) is 0 Å². The SMILES string of the molecule is C1CCC2CCCCC2C1.c1ccc2c(c1)[nH]c1ccccc12. The molecule has 0 radical (unpaired) electrons. The van der Waals surface area contributed by atoms with Gasteiger partial charge in [0.2, 0.25) is 0 Å². The Morgan fingerprint density at radius 3 is 1.39 bits per heavy atom. The van der Waals surface area contributed by atoms with E-state index in [1.807, 2.05) is 0 Å². The topological polar surface area (TPSA) is 15.8 Å². The second-order valence-electron chi connectivity index (χ2n) is 7.31. The molecule has 120 valence electrons. The molecule has 3 aromatic rings. The molecule has 2 aliphatic carbocycles. The summed E-state index contributed by atoms with van der Waals surface area (Å²) in [7, 11) is 0. The van der Waals surface area contributed by atoms with Crippen molar-refractivity contribution in [2.45, 2.75) is 51.4 Å². The van der Waals surface area contributed by atoms with Crippen molar-refractivity contribution in [1.82, 2.24) is 4.98 Å². The first-order valence-electron chi connectivity index (χ1n) is 9.37. The van der Waals surface area contributed by atoms with E-state index in [2.05, 4.69) is 53.5 Å². The summed E-state index contributed by atoms with van der Waals surface area (Å²) in [6.45, 7) is 0. The van der Waals surface area contributed by atoms with E-state index in [9.17, 15) is 0 Å². The zero-order valence-electron chi connectivity index (χ0n) is 13.9. The predicted molar refractivity (Wildman–Crippen MR) is 99.7 cm³/mol. The molecular weight excluding hydrogens is 278 g/mol. The van der Waals surface area contributed by atoms with Crippen LogP contribution in [0.25, 0.3) is 21.8 Å². The number of aromatic nitrogens is 1. The minimum absolute atomic E-state index is 1.16. The fourth-order valence-corrected chi connectivity index (χ4v) is 4.66. The van der Waals surface area contributed by atoms with E-state index in [0.29, 0.717) is 0 Å². The molecule has 23 heavy (non-hydrogen) atoms. The fraction of sp³-hybridized carbons (Fsp3) is 0.455. The number of para-hydroxylation sites is 2. The minimum atomic E-state index is 1.16. The maximum absolute atomic E-state index is 3.38. The smallest absolute Gasteiger partial charge is 0.0464 e. The largest absolute Gasteiger partial charge is 0.355 e. The van der Waals surface area contributed by atoms with E-state index in [1.165, 1.54) is 47.5 Å². The average Bonchev–Trinajstić information content (AvgIpc) is 3.01. The van der Waals surface area contributed by atoms with Crippen molar-refractivity contribution >= 4 is 21.8 Å². The van der Waals surface area contributed by atoms with Crippen LogP contribution in [-0.2, 0) is 0 Å². The summed E-state index contributed by atoms with van der Waals surface area (Å²) in [4.78, 5) is 3.38. The number of benzene rings is 2. The Bertz CT molecular complexity index is 693. The highest BCUT2D eigenvalue weighted by Crippen LogP contribution is 2.40. The zero-order chi connectivity index (χ0) is 15.5. The molecule has 2 aliphatic rings. The van der Waals surface area contributed by atoms with E-state index in [1.54, 1.807) is 25.7 Å². The fourth-order valence-electron chi connectivity index (χ4n) is 4.66. The van der Waals surface area contributed by atoms with Crippen LogP contribution >= 0.6 is 0 Å². The van der Waals surface area contributed by atoms with Gasteiger partial charge in [-0.1, -0.05) is 87.8 Å². The number of H-pyrrole nitrogens is 1. The van der Waals surface area contributed by atoms with Crippen LogP contribution in [0.3, 0.4) is 0 Å². The van der Waals surface area contributed by atoms with Crippen LogP contribution in [0.5, 0.6) is 0 Å². The summed E-state index contributed by atoms with van der Waals surface area (Å²) >= 11 is 0. The van der Waals surface area contributed by atoms with Gasteiger partial charge in [0, 0.05) is 21.8 Å². The number of hydrogen-bond donors (Lipinski definition) is 1. The van der Waals surface area contributed by atoms with Crippen LogP contribution in [0.4, 0.5) is 0 Å². The summed E-state index contributed by atoms with van der Waals surface area (Å²) < 4.78 is 0. The van der Waals surface area contributed by atoms with Crippen molar-refractivity contribution in [3.05, 3.63) is 48.5 Å². The van der Waals surface area contributed by atoms with E-state index in [-0.39, 0.29) is 0 Å². The van der Waals surface area contributed by atoms with Gasteiger partial charge in [-0.25, -0.2) is 0 Å². The van der Waals surface area contributed by atoms with Crippen molar-refractivity contribution in [2.24, 2.45) is 11.8 Å². The standard InChI is InChI=1S/C12H9N.C10H18/c1-3-7-11-9(5-1)10-6-2-4-8-12(10)13-11;1-2-6-10-8-4-3-7-9(10)5-1/h1-8,13H;9-10H,1-8H2. The minimum Gasteiger partial charge on any atom is -0.355 e. The number of fused-ring (bicyclic) bond motifs is 4. The molecule has 0 atom stereocenters. The highest BCUT2D eigenvalue weighted by Gasteiger charge is 2.26. The molecule has 0 aliphatic heterocycles. The number of nitrogens with one attached hydrogen (secondary N) is 1. The molecule has 0 saturated heterocycles. The maximum atomic E-state index is 3.38. The lowest BCUT2D eigenvalue weighted by atomic mass is 9.71. The van der Waals surface area contributed by atoms with Crippen LogP contribution in [-0.4, -0.2) is 4.98 Å². The summed E-state index contributed by atoms with van der Waals surface area (Å²) in [6.07, 6.45) is 12.4. The lowest BCUT2D eigenvalue weighted by molar-refractivity contribution is 0.171. The van der Waals surface area contributed by atoms with Gasteiger partial charge in [0.05, 0.1) is 0 Å². The van der Waals surface area contributed by atoms with Crippen LogP contribution in [0.15, 0.2) is 48.5 Å². The number of aromatic amines is 1. The second-order valence-corrected chi connectivity index (χ2v) is 7.31. The van der Waals surface area contributed by atoms with Gasteiger partial charge in [-0.2, -0.15) is 0 Å². The van der Waals surface area contributed by atoms with Gasteiger partial charge in [-0.15, -0.1) is 0 Å². The maximum Gasteiger partial charge on any atom is 0.0464 e. The molecule has 1 nitrogen and oxygen atoms in total. The summed E-state index contributed by atoms with van der Waals surface area (Å²) in [6, 6.07) is 16.8. The lowest BCUT2D eigenvalue weighted by Crippen LogP contribution is -2.22. The van der Waals surface area contributed by atoms with Crippen LogP contribution in [0, 0.1) is 11.8 Å². The molecule has 2 saturated carbocycles. The van der Waals surface area contributed by atoms with Gasteiger partial charge in [0.1, 0.15) is 0 Å². The van der Waals surface area contributed by atoms with Crippen molar-refractivity contribution in [2.75, 3.05) is 0 Å². The molecule has 0 spiro atoms. The molecule has 2 fully saturated rings. The Labute approximate surface area is 139 Å². The number of rotatable bonds is 0. The van der Waals surface area contributed by atoms with E-state index in [0.717, 1.165) is 11.8 Å². The average molecular weight is 305 g/mol. The van der Waals surface area contributed by atoms with Gasteiger partial charge >= 0.3 is 0 Å². The molecule has 1 heterocycles. The van der Waals surface area contributed by atoms with Crippen molar-refractivity contribution in [1.29, 1.82) is 0 Å². The highest BCUT2D eigenvalue weighted by atomic mass is 14.7. The monoisotopic (exact) mass is 305 g/mol. The van der Waals surface area contributed by atoms with E-state index < -0.39 is 0 Å². The van der Waals surface area contributed by atoms with E-state index in [4.69, 9.17) is 0 Å². The van der Waals surface area contributed by atoms with Gasteiger partial charge in [0.25, 0.3) is 0 Å². The molecule has 0 amide bonds. The third-order valence-corrected chi connectivity index (χ3v) is 5.88. The van der Waals surface area contributed by atoms with Crippen molar-refractivity contribution in [3.8, 4) is 0 Å². The van der Waals surface area contributed by atoms with E-state index >= 15 is 0 Å². The first kappa shape index (κ1) is 14.8. The highest BCUT2D eigenvalue weighted by molar-refractivity contribution is 6.06. The molecule has 2 aromatic carbocycles. The molecule has 1 N–H and O–H groups in total. The third kappa shape index (κ3) is 3.15. The third-order valence-electron chi connectivity index (χ3n) is 5.88. The van der Waals surface area contributed by atoms with Gasteiger partial charge < -0.3 is 4.98 Å². The van der Waals surface area contributed by atoms with Crippen LogP contribution < -0.4 is 0 Å². The summed E-state index contributed by atoms with van der Waals surface area (Å²) in [5.74, 6) is 2.31. The Hall–Kier alpha value is -1.76. The molecule has 0 unspecified atom stereocenters. The van der Waals surface area contributed by atoms with Gasteiger partial charge in [-0.05, 0) is 24.0 Å². The Morgan fingerprint density at radius 1 is 0.565 bits per heavy atom. The molecule has 5 rings (SSSR count). The Morgan fingerprint density at radius 2 is 0.957 bits per heavy atom. The van der Waals surface area contributed by atoms with Crippen molar-refractivity contribution in [3.63, 3.8) is 0 Å². The van der Waals surface area contributed by atoms with Crippen LogP contribution in [0.1, 0.15) is 51.4 Å². The summed E-state index contributed by atoms with van der Waals surface area (Å²) in [5, 5.41) is 2.61. The first-order valence-corrected chi connectivity index (χ1v) is 9.37. The molecule has 1 aromatic heterocycles. The normalized spacial score (nSPS) is 24.0. The predicted octanol–water partition coefficient (Wildman–Crippen LogP) is 6.69.